The standard InChI is InChI=1S/C23H21Cl3N2O3/c1-2-30-22-11-15(13-27-20-6-4-3-5-18(20)25)7-10-21(22)31-14-23(29)28-16-8-9-17(24)19(26)12-16/h3-12,27H,2,13-14H2,1H3,(H,28,29). The van der Waals surface area contributed by atoms with Crippen LogP contribution in [0.25, 0.3) is 0 Å². The molecule has 0 aliphatic heterocycles. The lowest BCUT2D eigenvalue weighted by atomic mass is 10.2. The molecule has 0 unspecified atom stereocenters. The van der Waals surface area contributed by atoms with Crippen molar-refractivity contribution in [1.29, 1.82) is 0 Å². The highest BCUT2D eigenvalue weighted by Gasteiger charge is 2.11. The molecule has 31 heavy (non-hydrogen) atoms. The van der Waals surface area contributed by atoms with Gasteiger partial charge in [0.15, 0.2) is 18.1 Å². The molecule has 0 aliphatic carbocycles. The first-order chi connectivity index (χ1) is 15.0. The fraction of sp³-hybridized carbons (Fsp3) is 0.174. The molecule has 8 heteroatoms. The van der Waals surface area contributed by atoms with Crippen molar-refractivity contribution in [3.63, 3.8) is 0 Å². The maximum atomic E-state index is 12.2. The molecule has 3 aromatic carbocycles. The molecular formula is C23H21Cl3N2O3. The third-order valence-corrected chi connectivity index (χ3v) is 5.30. The van der Waals surface area contributed by atoms with E-state index >= 15 is 0 Å². The summed E-state index contributed by atoms with van der Waals surface area (Å²) in [6.07, 6.45) is 0. The summed E-state index contributed by atoms with van der Waals surface area (Å²) in [7, 11) is 0. The Labute approximate surface area is 196 Å². The molecule has 0 saturated carbocycles. The summed E-state index contributed by atoms with van der Waals surface area (Å²) in [4.78, 5) is 12.2. The number of ether oxygens (including phenoxy) is 2. The molecule has 5 nitrogen and oxygen atoms in total. The van der Waals surface area contributed by atoms with Crippen molar-refractivity contribution >= 4 is 52.1 Å². The molecule has 0 saturated heterocycles. The zero-order chi connectivity index (χ0) is 22.2. The lowest BCUT2D eigenvalue weighted by Crippen LogP contribution is -2.20. The monoisotopic (exact) mass is 478 g/mol. The van der Waals surface area contributed by atoms with Crippen LogP contribution in [0, 0.1) is 0 Å². The number of benzene rings is 3. The van der Waals surface area contributed by atoms with Crippen LogP contribution in [0.15, 0.2) is 60.7 Å². The van der Waals surface area contributed by atoms with E-state index in [-0.39, 0.29) is 12.5 Å². The topological polar surface area (TPSA) is 59.6 Å². The molecule has 3 aromatic rings. The highest BCUT2D eigenvalue weighted by molar-refractivity contribution is 6.42. The molecule has 162 valence electrons. The Hall–Kier alpha value is -2.60. The van der Waals surface area contributed by atoms with Crippen LogP contribution < -0.4 is 20.1 Å². The number of amides is 1. The van der Waals surface area contributed by atoms with Crippen molar-refractivity contribution in [2.24, 2.45) is 0 Å². The van der Waals surface area contributed by atoms with Crippen molar-refractivity contribution in [2.75, 3.05) is 23.8 Å². The Kier molecular flexibility index (Phi) is 8.29. The zero-order valence-corrected chi connectivity index (χ0v) is 19.0. The van der Waals surface area contributed by atoms with Crippen LogP contribution in [0.4, 0.5) is 11.4 Å². The third-order valence-electron chi connectivity index (χ3n) is 4.23. The number of hydrogen-bond acceptors (Lipinski definition) is 4. The van der Waals surface area contributed by atoms with E-state index in [4.69, 9.17) is 44.3 Å². The van der Waals surface area contributed by atoms with Crippen LogP contribution in [0.2, 0.25) is 15.1 Å². The van der Waals surface area contributed by atoms with Gasteiger partial charge < -0.3 is 20.1 Å². The summed E-state index contributed by atoms with van der Waals surface area (Å²) in [6, 6.07) is 17.9. The van der Waals surface area contributed by atoms with Crippen LogP contribution >= 0.6 is 34.8 Å². The average molecular weight is 480 g/mol. The average Bonchev–Trinajstić information content (AvgIpc) is 2.75. The summed E-state index contributed by atoms with van der Waals surface area (Å²) in [5.41, 5.74) is 2.37. The number of anilines is 2. The molecule has 2 N–H and O–H groups in total. The minimum atomic E-state index is -0.328. The van der Waals surface area contributed by atoms with E-state index in [2.05, 4.69) is 10.6 Å². The Balaban J connectivity index is 1.61. The SMILES string of the molecule is CCOc1cc(CNc2ccccc2Cl)ccc1OCC(=O)Nc1ccc(Cl)c(Cl)c1. The molecule has 0 fully saturated rings. The summed E-state index contributed by atoms with van der Waals surface area (Å²) in [5.74, 6) is 0.709. The number of hydrogen-bond donors (Lipinski definition) is 2. The lowest BCUT2D eigenvalue weighted by molar-refractivity contribution is -0.118. The number of carbonyl (C=O) groups is 1. The first kappa shape index (κ1) is 23.1. The van der Waals surface area contributed by atoms with Gasteiger partial charge in [0, 0.05) is 12.2 Å². The molecule has 0 aromatic heterocycles. The van der Waals surface area contributed by atoms with Crippen LogP contribution in [0.3, 0.4) is 0 Å². The zero-order valence-electron chi connectivity index (χ0n) is 16.8. The largest absolute Gasteiger partial charge is 0.490 e. The van der Waals surface area contributed by atoms with Crippen LogP contribution in [-0.4, -0.2) is 19.1 Å². The van der Waals surface area contributed by atoms with Crippen LogP contribution in [-0.2, 0) is 11.3 Å². The van der Waals surface area contributed by atoms with E-state index in [0.717, 1.165) is 11.3 Å². The number of rotatable bonds is 9. The van der Waals surface area contributed by atoms with Gasteiger partial charge in [-0.25, -0.2) is 0 Å². The molecule has 0 atom stereocenters. The van der Waals surface area contributed by atoms with Crippen molar-refractivity contribution in [3.8, 4) is 11.5 Å². The van der Waals surface area contributed by atoms with Gasteiger partial charge >= 0.3 is 0 Å². The van der Waals surface area contributed by atoms with Gasteiger partial charge in [-0.05, 0) is 55.0 Å². The number of halogens is 3. The van der Waals surface area contributed by atoms with Gasteiger partial charge in [-0.15, -0.1) is 0 Å². The highest BCUT2D eigenvalue weighted by atomic mass is 35.5. The molecule has 0 spiro atoms. The second kappa shape index (κ2) is 11.1. The number of para-hydroxylation sites is 1. The second-order valence-electron chi connectivity index (χ2n) is 6.51. The number of carbonyl (C=O) groups excluding carboxylic acids is 1. The van der Waals surface area contributed by atoms with Gasteiger partial charge in [0.05, 0.1) is 27.4 Å². The van der Waals surface area contributed by atoms with E-state index in [1.165, 1.54) is 0 Å². The third kappa shape index (κ3) is 6.69. The van der Waals surface area contributed by atoms with Crippen molar-refractivity contribution in [3.05, 3.63) is 81.3 Å². The summed E-state index contributed by atoms with van der Waals surface area (Å²) in [6.45, 7) is 2.72. The van der Waals surface area contributed by atoms with Crippen molar-refractivity contribution in [2.45, 2.75) is 13.5 Å². The van der Waals surface area contributed by atoms with Crippen LogP contribution in [0.1, 0.15) is 12.5 Å². The summed E-state index contributed by atoms with van der Waals surface area (Å²) >= 11 is 18.0. The second-order valence-corrected chi connectivity index (χ2v) is 7.73. The van der Waals surface area contributed by atoms with E-state index in [1.54, 1.807) is 24.3 Å². The normalized spacial score (nSPS) is 10.5. The first-order valence-corrected chi connectivity index (χ1v) is 10.7. The highest BCUT2D eigenvalue weighted by Crippen LogP contribution is 2.30. The maximum Gasteiger partial charge on any atom is 0.262 e. The van der Waals surface area contributed by atoms with Gasteiger partial charge in [-0.3, -0.25) is 4.79 Å². The number of nitrogens with one attached hydrogen (secondary N) is 2. The molecule has 0 heterocycles. The predicted molar refractivity (Wildman–Crippen MR) is 127 cm³/mol. The molecule has 0 radical (unpaired) electrons. The van der Waals surface area contributed by atoms with E-state index in [9.17, 15) is 4.79 Å². The van der Waals surface area contributed by atoms with Gasteiger partial charge in [0.2, 0.25) is 0 Å². The van der Waals surface area contributed by atoms with Crippen molar-refractivity contribution < 1.29 is 14.3 Å². The van der Waals surface area contributed by atoms with Crippen molar-refractivity contribution in [1.82, 2.24) is 0 Å². The molecular weight excluding hydrogens is 459 g/mol. The Bertz CT molecular complexity index is 1060. The lowest BCUT2D eigenvalue weighted by Gasteiger charge is -2.14. The quantitative estimate of drug-likeness (QED) is 0.359. The predicted octanol–water partition coefficient (Wildman–Crippen LogP) is 6.68. The molecule has 1 amide bonds. The summed E-state index contributed by atoms with van der Waals surface area (Å²) in [5, 5.41) is 7.44. The Morgan fingerprint density at radius 1 is 0.871 bits per heavy atom. The molecule has 3 rings (SSSR count). The maximum absolute atomic E-state index is 12.2. The molecule has 0 bridgehead atoms. The van der Waals surface area contributed by atoms with Gasteiger partial charge in [-0.2, -0.15) is 0 Å². The van der Waals surface area contributed by atoms with Gasteiger partial charge in [0.1, 0.15) is 0 Å². The fourth-order valence-electron chi connectivity index (χ4n) is 2.77. The Morgan fingerprint density at radius 3 is 2.42 bits per heavy atom. The minimum Gasteiger partial charge on any atom is -0.490 e. The minimum absolute atomic E-state index is 0.183. The molecule has 0 aliphatic rings. The first-order valence-electron chi connectivity index (χ1n) is 9.58. The Morgan fingerprint density at radius 2 is 1.68 bits per heavy atom. The van der Waals surface area contributed by atoms with E-state index in [0.29, 0.717) is 45.4 Å². The summed E-state index contributed by atoms with van der Waals surface area (Å²) < 4.78 is 11.4. The fourth-order valence-corrected chi connectivity index (χ4v) is 3.27. The van der Waals surface area contributed by atoms with Gasteiger partial charge in [-0.1, -0.05) is 53.0 Å². The van der Waals surface area contributed by atoms with Crippen LogP contribution in [0.5, 0.6) is 11.5 Å². The smallest absolute Gasteiger partial charge is 0.262 e. The van der Waals surface area contributed by atoms with Gasteiger partial charge in [0.25, 0.3) is 5.91 Å². The van der Waals surface area contributed by atoms with E-state index in [1.807, 2.05) is 43.3 Å². The van der Waals surface area contributed by atoms with E-state index < -0.39 is 0 Å².